The first-order chi connectivity index (χ1) is 21.4. The Kier molecular flexibility index (Phi) is 8.90. The first kappa shape index (κ1) is 31.6. The highest BCUT2D eigenvalue weighted by Crippen LogP contribution is 2.62. The lowest BCUT2D eigenvalue weighted by Gasteiger charge is -2.60. The summed E-state index contributed by atoms with van der Waals surface area (Å²) < 4.78 is 17.3. The molecule has 0 saturated heterocycles. The third-order valence-corrected chi connectivity index (χ3v) is 10.0. The molecule has 2 saturated carbocycles. The Balaban J connectivity index is 1.42. The van der Waals surface area contributed by atoms with E-state index in [0.29, 0.717) is 6.42 Å². The van der Waals surface area contributed by atoms with Crippen LogP contribution in [0.5, 0.6) is 0 Å². The third-order valence-electron chi connectivity index (χ3n) is 10.0. The molecule has 1 heterocycles. The van der Waals surface area contributed by atoms with Gasteiger partial charge in [0.1, 0.15) is 12.7 Å². The number of nitro groups is 2. The number of nitro benzene ring substituents is 2. The molecule has 236 valence electrons. The molecule has 1 aromatic heterocycles. The Morgan fingerprint density at radius 2 is 1.53 bits per heavy atom. The number of benzene rings is 2. The molecular formula is C34H36N2O9. The number of nitrogens with zero attached hydrogens (tertiary/aromatic N) is 2. The number of esters is 2. The van der Waals surface area contributed by atoms with Gasteiger partial charge in [-0.3, -0.25) is 20.2 Å². The van der Waals surface area contributed by atoms with E-state index in [9.17, 15) is 29.8 Å². The number of hydrogen-bond donors (Lipinski definition) is 0. The van der Waals surface area contributed by atoms with Gasteiger partial charge in [-0.05, 0) is 91.7 Å². The van der Waals surface area contributed by atoms with Crippen LogP contribution < -0.4 is 0 Å². The van der Waals surface area contributed by atoms with Crippen LogP contribution >= 0.6 is 0 Å². The zero-order valence-electron chi connectivity index (χ0n) is 25.3. The van der Waals surface area contributed by atoms with Gasteiger partial charge in [0.25, 0.3) is 11.4 Å². The number of allylic oxidation sites excluding steroid dienone is 1. The Labute approximate surface area is 260 Å². The molecule has 5 atom stereocenters. The molecule has 11 nitrogen and oxygen atoms in total. The van der Waals surface area contributed by atoms with Crippen LogP contribution in [0.15, 0.2) is 83.7 Å². The smallest absolute Gasteiger partial charge is 0.338 e. The van der Waals surface area contributed by atoms with E-state index in [2.05, 4.69) is 13.5 Å². The van der Waals surface area contributed by atoms with Crippen molar-refractivity contribution >= 4 is 23.3 Å². The number of non-ortho nitro benzene ring substituents is 2. The molecule has 45 heavy (non-hydrogen) atoms. The van der Waals surface area contributed by atoms with Gasteiger partial charge in [0.05, 0.1) is 33.5 Å². The van der Waals surface area contributed by atoms with Gasteiger partial charge in [-0.15, -0.1) is 0 Å². The predicted octanol–water partition coefficient (Wildman–Crippen LogP) is 7.50. The number of hydrogen-bond acceptors (Lipinski definition) is 9. The molecule has 3 aromatic rings. The molecule has 2 aliphatic rings. The van der Waals surface area contributed by atoms with Crippen molar-refractivity contribution in [3.05, 3.63) is 116 Å². The second-order valence-electron chi connectivity index (χ2n) is 12.6. The minimum atomic E-state index is -0.783. The molecule has 0 aliphatic heterocycles. The first-order valence-corrected chi connectivity index (χ1v) is 15.0. The van der Waals surface area contributed by atoms with Gasteiger partial charge in [0.15, 0.2) is 0 Å². The van der Waals surface area contributed by atoms with Crippen LogP contribution in [-0.2, 0) is 15.9 Å². The highest BCUT2D eigenvalue weighted by molar-refractivity contribution is 5.90. The minimum Gasteiger partial charge on any atom is -0.472 e. The van der Waals surface area contributed by atoms with Gasteiger partial charge in [-0.2, -0.15) is 0 Å². The zero-order chi connectivity index (χ0) is 32.4. The standard InChI is InChI=1S/C34H36N2O9/c1-22-4-15-29-33(2,28(22)14-5-23-17-19-43-20-23)18-16-30(45-32(38)25-8-12-27(13-9-25)36(41)42)34(29,3)21-44-31(37)24-6-10-26(11-7-24)35(39)40/h6-13,17,19-20,28-30H,1,4-5,14-16,18,21H2,2-3H3/t28-,29+,30-,33+,34+/m1/s1. The maximum Gasteiger partial charge on any atom is 0.338 e. The lowest BCUT2D eigenvalue weighted by molar-refractivity contribution is -0.385. The van der Waals surface area contributed by atoms with Crippen LogP contribution in [0.3, 0.4) is 0 Å². The SMILES string of the molecule is C=C1CC[C@@H]2[C@](C)(COC(=O)c3ccc([N+](=O)[O-])cc3)[C@H](OC(=O)c3ccc([N+](=O)[O-])cc3)CC[C@@]2(C)[C@@H]1CCc1ccoc1. The van der Waals surface area contributed by atoms with Crippen LogP contribution in [0.1, 0.15) is 72.2 Å². The molecule has 5 rings (SSSR count). The van der Waals surface area contributed by atoms with Crippen molar-refractivity contribution in [2.45, 2.75) is 58.5 Å². The van der Waals surface area contributed by atoms with Crippen LogP contribution in [0.2, 0.25) is 0 Å². The zero-order valence-corrected chi connectivity index (χ0v) is 25.3. The molecule has 0 spiro atoms. The van der Waals surface area contributed by atoms with Crippen LogP contribution in [0.4, 0.5) is 11.4 Å². The quantitative estimate of drug-likeness (QED) is 0.0975. The van der Waals surface area contributed by atoms with Gasteiger partial charge in [0, 0.05) is 29.7 Å². The molecule has 11 heteroatoms. The summed E-state index contributed by atoms with van der Waals surface area (Å²) in [5, 5.41) is 22.2. The van der Waals surface area contributed by atoms with Gasteiger partial charge in [-0.1, -0.05) is 26.0 Å². The van der Waals surface area contributed by atoms with E-state index in [1.165, 1.54) is 54.1 Å². The Hall–Kier alpha value is -4.80. The molecule has 2 aromatic carbocycles. The Bertz CT molecular complexity index is 1580. The van der Waals surface area contributed by atoms with Crippen molar-refractivity contribution in [1.29, 1.82) is 0 Å². The van der Waals surface area contributed by atoms with E-state index in [1.54, 1.807) is 12.5 Å². The number of rotatable bonds is 10. The molecule has 0 bridgehead atoms. The first-order valence-electron chi connectivity index (χ1n) is 15.0. The Morgan fingerprint density at radius 3 is 2.09 bits per heavy atom. The number of fused-ring (bicyclic) bond motifs is 1. The highest BCUT2D eigenvalue weighted by atomic mass is 16.6. The van der Waals surface area contributed by atoms with Gasteiger partial charge in [0.2, 0.25) is 0 Å². The van der Waals surface area contributed by atoms with E-state index < -0.39 is 33.3 Å². The van der Waals surface area contributed by atoms with E-state index in [-0.39, 0.29) is 46.4 Å². The molecule has 2 fully saturated rings. The fraction of sp³-hybridized carbons (Fsp3) is 0.412. The van der Waals surface area contributed by atoms with Crippen molar-refractivity contribution in [2.75, 3.05) is 6.61 Å². The monoisotopic (exact) mass is 616 g/mol. The van der Waals surface area contributed by atoms with Gasteiger partial charge in [-0.25, -0.2) is 9.59 Å². The Morgan fingerprint density at radius 1 is 0.933 bits per heavy atom. The summed E-state index contributed by atoms with van der Waals surface area (Å²) in [6.45, 7) is 8.66. The summed E-state index contributed by atoms with van der Waals surface area (Å²) in [5.41, 5.74) is 1.39. The van der Waals surface area contributed by atoms with Crippen LogP contribution in [0.25, 0.3) is 0 Å². The number of ether oxygens (including phenoxy) is 2. The fourth-order valence-electron chi connectivity index (χ4n) is 7.58. The summed E-state index contributed by atoms with van der Waals surface area (Å²) >= 11 is 0. The average molecular weight is 617 g/mol. The largest absolute Gasteiger partial charge is 0.472 e. The normalized spacial score (nSPS) is 26.0. The number of furan rings is 1. The summed E-state index contributed by atoms with van der Waals surface area (Å²) in [6.07, 6.45) is 7.34. The molecule has 2 aliphatic carbocycles. The second-order valence-corrected chi connectivity index (χ2v) is 12.6. The van der Waals surface area contributed by atoms with Gasteiger partial charge >= 0.3 is 11.9 Å². The second kappa shape index (κ2) is 12.7. The molecule has 0 N–H and O–H groups in total. The van der Waals surface area contributed by atoms with E-state index in [4.69, 9.17) is 13.9 Å². The number of aryl methyl sites for hydroxylation is 1. The topological polar surface area (TPSA) is 152 Å². The summed E-state index contributed by atoms with van der Waals surface area (Å²) in [4.78, 5) is 47.6. The molecule has 0 amide bonds. The lowest BCUT2D eigenvalue weighted by atomic mass is 9.46. The average Bonchev–Trinajstić information content (AvgIpc) is 3.55. The molecular weight excluding hydrogens is 580 g/mol. The molecule has 0 radical (unpaired) electrons. The van der Waals surface area contributed by atoms with Crippen molar-refractivity contribution in [3.63, 3.8) is 0 Å². The number of carbonyl (C=O) groups is 2. The summed E-state index contributed by atoms with van der Waals surface area (Å²) in [5.74, 6) is -1.06. The van der Waals surface area contributed by atoms with E-state index in [0.717, 1.165) is 37.7 Å². The summed E-state index contributed by atoms with van der Waals surface area (Å²) in [6, 6.07) is 12.4. The van der Waals surface area contributed by atoms with Crippen molar-refractivity contribution < 1.29 is 33.3 Å². The summed E-state index contributed by atoms with van der Waals surface area (Å²) in [7, 11) is 0. The lowest BCUT2D eigenvalue weighted by Crippen LogP contribution is -2.58. The minimum absolute atomic E-state index is 0.00192. The number of carbonyl (C=O) groups excluding carboxylic acids is 2. The highest BCUT2D eigenvalue weighted by Gasteiger charge is 2.59. The molecule has 0 unspecified atom stereocenters. The van der Waals surface area contributed by atoms with Crippen molar-refractivity contribution in [1.82, 2.24) is 0 Å². The van der Waals surface area contributed by atoms with E-state index >= 15 is 0 Å². The third kappa shape index (κ3) is 6.38. The van der Waals surface area contributed by atoms with Crippen LogP contribution in [0, 0.1) is 42.9 Å². The fourth-order valence-corrected chi connectivity index (χ4v) is 7.58. The maximum atomic E-state index is 13.3. The van der Waals surface area contributed by atoms with Crippen molar-refractivity contribution in [3.8, 4) is 0 Å². The maximum absolute atomic E-state index is 13.3. The van der Waals surface area contributed by atoms with E-state index in [1.807, 2.05) is 13.0 Å². The van der Waals surface area contributed by atoms with Crippen molar-refractivity contribution in [2.24, 2.45) is 22.7 Å². The van der Waals surface area contributed by atoms with Gasteiger partial charge < -0.3 is 13.9 Å². The predicted molar refractivity (Wildman–Crippen MR) is 164 cm³/mol. The van der Waals surface area contributed by atoms with Crippen LogP contribution in [-0.4, -0.2) is 34.5 Å².